The molecule has 0 saturated carbocycles. The summed E-state index contributed by atoms with van der Waals surface area (Å²) in [6.07, 6.45) is 0. The van der Waals surface area contributed by atoms with E-state index in [0.717, 1.165) is 18.2 Å². The van der Waals surface area contributed by atoms with Crippen LogP contribution in [0.15, 0.2) is 29.2 Å². The summed E-state index contributed by atoms with van der Waals surface area (Å²) in [6, 6.07) is 3.65. The number of non-ortho nitro benzene ring substituents is 1. The van der Waals surface area contributed by atoms with Gasteiger partial charge in [0.05, 0.1) is 9.82 Å². The third-order valence-corrected chi connectivity index (χ3v) is 2.56. The molecule has 0 amide bonds. The summed E-state index contributed by atoms with van der Waals surface area (Å²) >= 11 is 0. The van der Waals surface area contributed by atoms with Crippen molar-refractivity contribution in [3.05, 3.63) is 34.4 Å². The Balaban J connectivity index is 3.12. The maximum absolute atomic E-state index is 12.0. The summed E-state index contributed by atoms with van der Waals surface area (Å²) in [5, 5.41) is 10.3. The van der Waals surface area contributed by atoms with Crippen LogP contribution in [-0.4, -0.2) is 14.6 Å². The van der Waals surface area contributed by atoms with E-state index in [2.05, 4.69) is 0 Å². The van der Waals surface area contributed by atoms with Crippen LogP contribution in [0.3, 0.4) is 0 Å². The Morgan fingerprint density at radius 2 is 1.93 bits per heavy atom. The van der Waals surface area contributed by atoms with Crippen LogP contribution >= 0.6 is 0 Å². The molecule has 1 aromatic carbocycles. The molecule has 0 radical (unpaired) electrons. The number of rotatable bonds is 2. The Morgan fingerprint density at radius 3 is 2.40 bits per heavy atom. The minimum atomic E-state index is -4.91. The molecule has 1 atom stereocenters. The SMILES string of the molecule is O=[N+]([O-])c1cccc([S@@](=O)C(F)(F)F)c1. The first-order valence-electron chi connectivity index (χ1n) is 3.55. The molecule has 0 N–H and O–H groups in total. The van der Waals surface area contributed by atoms with Gasteiger partial charge in [-0.1, -0.05) is 6.07 Å². The molecule has 15 heavy (non-hydrogen) atoms. The van der Waals surface area contributed by atoms with Crippen molar-refractivity contribution in [3.63, 3.8) is 0 Å². The number of hydrogen-bond acceptors (Lipinski definition) is 3. The molecule has 0 spiro atoms. The monoisotopic (exact) mass is 239 g/mol. The van der Waals surface area contributed by atoms with Crippen molar-refractivity contribution in [2.75, 3.05) is 0 Å². The lowest BCUT2D eigenvalue weighted by Gasteiger charge is -2.05. The molecule has 0 aromatic heterocycles. The molecule has 0 saturated heterocycles. The average Bonchev–Trinajstić information content (AvgIpc) is 2.15. The van der Waals surface area contributed by atoms with Gasteiger partial charge in [-0.3, -0.25) is 10.1 Å². The Labute approximate surface area is 84.3 Å². The van der Waals surface area contributed by atoms with Gasteiger partial charge in [0.25, 0.3) is 5.69 Å². The minimum Gasteiger partial charge on any atom is -0.258 e. The topological polar surface area (TPSA) is 60.2 Å². The van der Waals surface area contributed by atoms with E-state index in [-0.39, 0.29) is 0 Å². The van der Waals surface area contributed by atoms with E-state index >= 15 is 0 Å². The number of nitro benzene ring substituents is 1. The molecular formula is C7H4F3NO3S. The minimum absolute atomic E-state index is 0.523. The van der Waals surface area contributed by atoms with Gasteiger partial charge in [0.15, 0.2) is 10.8 Å². The van der Waals surface area contributed by atoms with E-state index in [1.807, 2.05) is 0 Å². The predicted octanol–water partition coefficient (Wildman–Crippen LogP) is 2.22. The van der Waals surface area contributed by atoms with Gasteiger partial charge >= 0.3 is 5.51 Å². The Hall–Kier alpha value is -1.44. The lowest BCUT2D eigenvalue weighted by atomic mass is 10.3. The number of nitrogens with zero attached hydrogens (tertiary/aromatic N) is 1. The van der Waals surface area contributed by atoms with E-state index in [1.54, 1.807) is 0 Å². The first-order chi connectivity index (χ1) is 6.82. The third-order valence-electron chi connectivity index (χ3n) is 1.45. The third kappa shape index (κ3) is 2.75. The van der Waals surface area contributed by atoms with Crippen LogP contribution in [0, 0.1) is 10.1 Å². The number of alkyl halides is 3. The molecular weight excluding hydrogens is 235 g/mol. The van der Waals surface area contributed by atoms with E-state index in [4.69, 9.17) is 0 Å². The van der Waals surface area contributed by atoms with Crippen molar-refractivity contribution in [1.82, 2.24) is 0 Å². The molecule has 0 heterocycles. The highest BCUT2D eigenvalue weighted by molar-refractivity contribution is 7.86. The standard InChI is InChI=1S/C7H4F3NO3S/c8-7(9,10)15(14)6-3-1-2-5(4-6)11(12)13/h1-4H/t15-/m1/s1. The van der Waals surface area contributed by atoms with Gasteiger partial charge in [0.2, 0.25) is 0 Å². The van der Waals surface area contributed by atoms with Crippen LogP contribution in [0.4, 0.5) is 18.9 Å². The lowest BCUT2D eigenvalue weighted by molar-refractivity contribution is -0.385. The maximum atomic E-state index is 12.0. The van der Waals surface area contributed by atoms with Gasteiger partial charge in [-0.05, 0) is 6.07 Å². The second kappa shape index (κ2) is 3.97. The zero-order valence-corrected chi connectivity index (χ0v) is 7.84. The first-order valence-corrected chi connectivity index (χ1v) is 4.70. The van der Waals surface area contributed by atoms with E-state index in [9.17, 15) is 27.5 Å². The van der Waals surface area contributed by atoms with Gasteiger partial charge in [-0.25, -0.2) is 4.21 Å². The van der Waals surface area contributed by atoms with Crippen molar-refractivity contribution in [2.24, 2.45) is 0 Å². The van der Waals surface area contributed by atoms with Gasteiger partial charge in [0.1, 0.15) is 0 Å². The molecule has 1 aromatic rings. The van der Waals surface area contributed by atoms with Crippen LogP contribution < -0.4 is 0 Å². The van der Waals surface area contributed by atoms with Crippen LogP contribution in [0.1, 0.15) is 0 Å². The van der Waals surface area contributed by atoms with Crippen LogP contribution in [-0.2, 0) is 10.8 Å². The van der Waals surface area contributed by atoms with Crippen molar-refractivity contribution >= 4 is 16.5 Å². The quantitative estimate of drug-likeness (QED) is 0.587. The van der Waals surface area contributed by atoms with E-state index < -0.39 is 31.8 Å². The molecule has 0 aliphatic carbocycles. The van der Waals surface area contributed by atoms with Crippen molar-refractivity contribution in [2.45, 2.75) is 10.4 Å². The highest BCUT2D eigenvalue weighted by Gasteiger charge is 2.38. The van der Waals surface area contributed by atoms with Crippen molar-refractivity contribution in [1.29, 1.82) is 0 Å². The van der Waals surface area contributed by atoms with Crippen LogP contribution in [0.25, 0.3) is 0 Å². The smallest absolute Gasteiger partial charge is 0.258 e. The summed E-state index contributed by atoms with van der Waals surface area (Å²) in [5.41, 5.74) is -5.43. The molecule has 0 unspecified atom stereocenters. The first kappa shape index (κ1) is 11.6. The highest BCUT2D eigenvalue weighted by Crippen LogP contribution is 2.27. The van der Waals surface area contributed by atoms with E-state index in [1.165, 1.54) is 0 Å². The molecule has 0 bridgehead atoms. The second-order valence-corrected chi connectivity index (χ2v) is 3.94. The largest absolute Gasteiger partial charge is 0.475 e. The van der Waals surface area contributed by atoms with Gasteiger partial charge < -0.3 is 0 Å². The Bertz CT molecular complexity index is 418. The number of benzene rings is 1. The number of nitro groups is 1. The van der Waals surface area contributed by atoms with Crippen LogP contribution in [0.2, 0.25) is 0 Å². The summed E-state index contributed by atoms with van der Waals surface area (Å²) in [5.74, 6) is 0. The highest BCUT2D eigenvalue weighted by atomic mass is 32.2. The molecule has 82 valence electrons. The normalized spacial score (nSPS) is 13.5. The van der Waals surface area contributed by atoms with Crippen LogP contribution in [0.5, 0.6) is 0 Å². The summed E-state index contributed by atoms with van der Waals surface area (Å²) in [7, 11) is -3.23. The van der Waals surface area contributed by atoms with Gasteiger partial charge in [0, 0.05) is 12.1 Å². The van der Waals surface area contributed by atoms with Crippen molar-refractivity contribution in [3.8, 4) is 0 Å². The van der Waals surface area contributed by atoms with Gasteiger partial charge in [-0.15, -0.1) is 0 Å². The molecule has 8 heteroatoms. The lowest BCUT2D eigenvalue weighted by Crippen LogP contribution is -2.16. The predicted molar refractivity (Wildman–Crippen MR) is 45.6 cm³/mol. The fourth-order valence-electron chi connectivity index (χ4n) is 0.846. The molecule has 1 rings (SSSR count). The number of hydrogen-bond donors (Lipinski definition) is 0. The zero-order valence-electron chi connectivity index (χ0n) is 7.02. The summed E-state index contributed by atoms with van der Waals surface area (Å²) in [6.45, 7) is 0. The fourth-order valence-corrected chi connectivity index (χ4v) is 1.54. The van der Waals surface area contributed by atoms with Crippen molar-refractivity contribution < 1.29 is 22.3 Å². The average molecular weight is 239 g/mol. The molecule has 4 nitrogen and oxygen atoms in total. The van der Waals surface area contributed by atoms with Gasteiger partial charge in [-0.2, -0.15) is 13.2 Å². The Kier molecular flexibility index (Phi) is 3.08. The fraction of sp³-hybridized carbons (Fsp3) is 0.143. The zero-order chi connectivity index (χ0) is 11.6. The number of halogens is 3. The molecule has 0 fully saturated rings. The second-order valence-electron chi connectivity index (χ2n) is 2.47. The summed E-state index contributed by atoms with van der Waals surface area (Å²) < 4.78 is 46.8. The Morgan fingerprint density at radius 1 is 1.33 bits per heavy atom. The summed E-state index contributed by atoms with van der Waals surface area (Å²) in [4.78, 5) is 8.77. The molecule has 0 aliphatic heterocycles. The maximum Gasteiger partial charge on any atom is 0.475 e. The van der Waals surface area contributed by atoms with E-state index in [0.29, 0.717) is 6.07 Å². The molecule has 0 aliphatic rings.